The van der Waals surface area contributed by atoms with Crippen LogP contribution in [-0.4, -0.2) is 16.2 Å². The molecule has 4 nitrogen and oxygen atoms in total. The van der Waals surface area contributed by atoms with E-state index in [1.165, 1.54) is 0 Å². The summed E-state index contributed by atoms with van der Waals surface area (Å²) in [6, 6.07) is 0. The lowest BCUT2D eigenvalue weighted by Gasteiger charge is -2.07. The van der Waals surface area contributed by atoms with Crippen LogP contribution in [0.2, 0.25) is 0 Å². The van der Waals surface area contributed by atoms with E-state index in [-0.39, 0.29) is 5.69 Å². The number of rotatable bonds is 3. The van der Waals surface area contributed by atoms with Gasteiger partial charge in [0.25, 0.3) is 0 Å². The minimum atomic E-state index is -0.253. The van der Waals surface area contributed by atoms with Crippen LogP contribution >= 0.6 is 0 Å². The molecule has 0 saturated carbocycles. The Morgan fingerprint density at radius 1 is 1.54 bits per heavy atom. The highest BCUT2D eigenvalue weighted by Gasteiger charge is 2.03. The van der Waals surface area contributed by atoms with E-state index < -0.39 is 0 Å². The van der Waals surface area contributed by atoms with E-state index in [1.807, 2.05) is 20.8 Å². The maximum atomic E-state index is 11.3. The lowest BCUT2D eigenvalue weighted by Crippen LogP contribution is -2.23. The van der Waals surface area contributed by atoms with Gasteiger partial charge < -0.3 is 4.74 Å². The van der Waals surface area contributed by atoms with Gasteiger partial charge in [-0.2, -0.15) is 4.98 Å². The quantitative estimate of drug-likeness (QED) is 0.699. The van der Waals surface area contributed by atoms with Crippen molar-refractivity contribution in [3.05, 3.63) is 22.2 Å². The van der Waals surface area contributed by atoms with Gasteiger partial charge in [0.2, 0.25) is 5.88 Å². The Morgan fingerprint density at radius 2 is 2.23 bits per heavy atom. The average molecular weight is 182 g/mol. The maximum Gasteiger partial charge on any atom is 0.350 e. The molecule has 0 unspecified atom stereocenters. The van der Waals surface area contributed by atoms with Crippen molar-refractivity contribution in [1.82, 2.24) is 9.55 Å². The second kappa shape index (κ2) is 4.07. The van der Waals surface area contributed by atoms with Crippen molar-refractivity contribution in [3.8, 4) is 5.88 Å². The molecule has 0 spiro atoms. The molecule has 72 valence electrons. The Hall–Kier alpha value is -1.32. The number of hydrogen-bond donors (Lipinski definition) is 0. The second-order valence-electron chi connectivity index (χ2n) is 2.73. The smallest absolute Gasteiger partial charge is 0.350 e. The zero-order valence-corrected chi connectivity index (χ0v) is 8.20. The van der Waals surface area contributed by atoms with E-state index >= 15 is 0 Å². The molecule has 0 aliphatic heterocycles. The summed E-state index contributed by atoms with van der Waals surface area (Å²) < 4.78 is 6.75. The van der Waals surface area contributed by atoms with Crippen LogP contribution in [0.1, 0.15) is 19.4 Å². The molecular formula is C9H14N2O2. The fraction of sp³-hybridized carbons (Fsp3) is 0.556. The van der Waals surface area contributed by atoms with Crippen LogP contribution in [0.25, 0.3) is 0 Å². The Balaban J connectivity index is 3.13. The second-order valence-corrected chi connectivity index (χ2v) is 2.73. The monoisotopic (exact) mass is 182 g/mol. The van der Waals surface area contributed by atoms with Crippen molar-refractivity contribution >= 4 is 0 Å². The van der Waals surface area contributed by atoms with E-state index in [0.29, 0.717) is 19.0 Å². The van der Waals surface area contributed by atoms with Gasteiger partial charge in [-0.3, -0.25) is 4.57 Å². The number of nitrogens with zero attached hydrogens (tertiary/aromatic N) is 2. The third kappa shape index (κ3) is 2.08. The molecule has 0 aliphatic rings. The zero-order valence-electron chi connectivity index (χ0n) is 8.20. The van der Waals surface area contributed by atoms with E-state index in [4.69, 9.17) is 4.74 Å². The van der Waals surface area contributed by atoms with E-state index in [2.05, 4.69) is 4.98 Å². The molecule has 0 N–H and O–H groups in total. The first-order valence-corrected chi connectivity index (χ1v) is 4.40. The molecule has 1 rings (SSSR count). The van der Waals surface area contributed by atoms with Crippen LogP contribution in [0.4, 0.5) is 0 Å². The predicted molar refractivity (Wildman–Crippen MR) is 50.1 cm³/mol. The van der Waals surface area contributed by atoms with E-state index in [9.17, 15) is 4.79 Å². The van der Waals surface area contributed by atoms with E-state index in [0.717, 1.165) is 5.56 Å². The standard InChI is InChI=1S/C9H14N2O2/c1-4-11-6-7(3)8(13-5-2)10-9(11)12/h6H,4-5H2,1-3H3. The van der Waals surface area contributed by atoms with Crippen LogP contribution in [-0.2, 0) is 6.54 Å². The summed E-state index contributed by atoms with van der Waals surface area (Å²) in [5.41, 5.74) is 0.639. The van der Waals surface area contributed by atoms with Crippen LogP contribution in [0.15, 0.2) is 11.0 Å². The lowest BCUT2D eigenvalue weighted by molar-refractivity contribution is 0.320. The Bertz CT molecular complexity index is 344. The summed E-state index contributed by atoms with van der Waals surface area (Å²) in [5, 5.41) is 0. The van der Waals surface area contributed by atoms with Crippen LogP contribution in [0, 0.1) is 6.92 Å². The third-order valence-corrected chi connectivity index (χ3v) is 1.75. The van der Waals surface area contributed by atoms with Crippen molar-refractivity contribution in [3.63, 3.8) is 0 Å². The van der Waals surface area contributed by atoms with Crippen molar-refractivity contribution in [2.24, 2.45) is 0 Å². The van der Waals surface area contributed by atoms with Crippen molar-refractivity contribution in [2.75, 3.05) is 6.61 Å². The normalized spacial score (nSPS) is 10.1. The number of aromatic nitrogens is 2. The van der Waals surface area contributed by atoms with Crippen molar-refractivity contribution < 1.29 is 4.74 Å². The first kappa shape index (κ1) is 9.77. The number of hydrogen-bond acceptors (Lipinski definition) is 3. The molecule has 0 aromatic carbocycles. The third-order valence-electron chi connectivity index (χ3n) is 1.75. The van der Waals surface area contributed by atoms with Crippen LogP contribution < -0.4 is 10.4 Å². The van der Waals surface area contributed by atoms with Gasteiger partial charge in [0, 0.05) is 18.3 Å². The molecule has 13 heavy (non-hydrogen) atoms. The molecule has 1 aromatic heterocycles. The van der Waals surface area contributed by atoms with Crippen molar-refractivity contribution in [1.29, 1.82) is 0 Å². The largest absolute Gasteiger partial charge is 0.478 e. The fourth-order valence-electron chi connectivity index (χ4n) is 1.09. The van der Waals surface area contributed by atoms with Gasteiger partial charge in [0.05, 0.1) is 6.61 Å². The van der Waals surface area contributed by atoms with Crippen molar-refractivity contribution in [2.45, 2.75) is 27.3 Å². The van der Waals surface area contributed by atoms with Gasteiger partial charge in [-0.05, 0) is 20.8 Å². The molecule has 0 radical (unpaired) electrons. The zero-order chi connectivity index (χ0) is 9.84. The Kier molecular flexibility index (Phi) is 3.06. The van der Waals surface area contributed by atoms with E-state index in [1.54, 1.807) is 10.8 Å². The fourth-order valence-corrected chi connectivity index (χ4v) is 1.09. The highest BCUT2D eigenvalue weighted by atomic mass is 16.5. The molecule has 0 saturated heterocycles. The highest BCUT2D eigenvalue weighted by molar-refractivity contribution is 5.20. The van der Waals surface area contributed by atoms with Gasteiger partial charge >= 0.3 is 5.69 Å². The van der Waals surface area contributed by atoms with Crippen LogP contribution in [0.3, 0.4) is 0 Å². The van der Waals surface area contributed by atoms with Gasteiger partial charge in [0.1, 0.15) is 0 Å². The molecule has 0 bridgehead atoms. The molecule has 1 heterocycles. The molecule has 4 heteroatoms. The summed E-state index contributed by atoms with van der Waals surface area (Å²) in [6.07, 6.45) is 1.76. The average Bonchev–Trinajstić information content (AvgIpc) is 2.11. The Labute approximate surface area is 77.2 Å². The first-order chi connectivity index (χ1) is 6.19. The minimum Gasteiger partial charge on any atom is -0.478 e. The minimum absolute atomic E-state index is 0.253. The van der Waals surface area contributed by atoms with Crippen LogP contribution in [0.5, 0.6) is 5.88 Å². The molecule has 0 atom stereocenters. The maximum absolute atomic E-state index is 11.3. The summed E-state index contributed by atoms with van der Waals surface area (Å²) in [5.74, 6) is 0.442. The summed E-state index contributed by atoms with van der Waals surface area (Å²) in [6.45, 7) is 6.82. The SMILES string of the molecule is CCOc1nc(=O)n(CC)cc1C. The topological polar surface area (TPSA) is 44.1 Å². The van der Waals surface area contributed by atoms with Gasteiger partial charge in [-0.15, -0.1) is 0 Å². The Morgan fingerprint density at radius 3 is 2.77 bits per heavy atom. The summed E-state index contributed by atoms with van der Waals surface area (Å²) >= 11 is 0. The highest BCUT2D eigenvalue weighted by Crippen LogP contribution is 2.09. The van der Waals surface area contributed by atoms with Gasteiger partial charge in [-0.25, -0.2) is 4.79 Å². The molecule has 1 aromatic rings. The molecule has 0 amide bonds. The predicted octanol–water partition coefficient (Wildman–Crippen LogP) is 0.970. The number of aryl methyl sites for hydroxylation is 2. The molecular weight excluding hydrogens is 168 g/mol. The first-order valence-electron chi connectivity index (χ1n) is 4.40. The van der Waals surface area contributed by atoms with Gasteiger partial charge in [0.15, 0.2) is 0 Å². The summed E-state index contributed by atoms with van der Waals surface area (Å²) in [4.78, 5) is 15.1. The lowest BCUT2D eigenvalue weighted by atomic mass is 10.4. The van der Waals surface area contributed by atoms with Gasteiger partial charge in [-0.1, -0.05) is 0 Å². The summed E-state index contributed by atoms with van der Waals surface area (Å²) in [7, 11) is 0. The molecule has 0 aliphatic carbocycles. The number of ether oxygens (including phenoxy) is 1. The molecule has 0 fully saturated rings.